The molecule has 0 bridgehead atoms. The molecule has 3 rings (SSSR count). The van der Waals surface area contributed by atoms with Gasteiger partial charge in [0.2, 0.25) is 10.0 Å². The third-order valence-electron chi connectivity index (χ3n) is 4.14. The maximum Gasteiger partial charge on any atom is 0.240 e. The van der Waals surface area contributed by atoms with Gasteiger partial charge in [-0.3, -0.25) is 0 Å². The predicted molar refractivity (Wildman–Crippen MR) is 90.2 cm³/mol. The standard InChI is InChI=1S/C18H21NO3S/c1-13-7-8-18(14(2)9-13)23(20,21)19-11-15-10-16-5-3-4-6-17(16)22-12-15/h3-9,15,19H,10-12H2,1-2H3. The molecule has 122 valence electrons. The number of para-hydroxylation sites is 1. The summed E-state index contributed by atoms with van der Waals surface area (Å²) in [5.41, 5.74) is 2.95. The smallest absolute Gasteiger partial charge is 0.240 e. The van der Waals surface area contributed by atoms with E-state index >= 15 is 0 Å². The predicted octanol–water partition coefficient (Wildman–Crippen LogP) is 2.83. The van der Waals surface area contributed by atoms with E-state index in [0.717, 1.165) is 28.9 Å². The number of nitrogens with one attached hydrogen (secondary N) is 1. The Hall–Kier alpha value is -1.85. The van der Waals surface area contributed by atoms with E-state index < -0.39 is 10.0 Å². The molecule has 0 amide bonds. The Kier molecular flexibility index (Phi) is 4.41. The summed E-state index contributed by atoms with van der Waals surface area (Å²) in [6.07, 6.45) is 0.825. The topological polar surface area (TPSA) is 55.4 Å². The fourth-order valence-corrected chi connectivity index (χ4v) is 4.27. The number of ether oxygens (including phenoxy) is 1. The van der Waals surface area contributed by atoms with Crippen molar-refractivity contribution < 1.29 is 13.2 Å². The van der Waals surface area contributed by atoms with Gasteiger partial charge in [-0.2, -0.15) is 0 Å². The maximum absolute atomic E-state index is 12.5. The van der Waals surface area contributed by atoms with Gasteiger partial charge in [-0.15, -0.1) is 0 Å². The molecule has 1 unspecified atom stereocenters. The van der Waals surface area contributed by atoms with Crippen LogP contribution in [0, 0.1) is 19.8 Å². The highest BCUT2D eigenvalue weighted by molar-refractivity contribution is 7.89. The molecular formula is C18H21NO3S. The lowest BCUT2D eigenvalue weighted by atomic mass is 9.97. The lowest BCUT2D eigenvalue weighted by Gasteiger charge is -2.25. The minimum atomic E-state index is -3.49. The molecule has 0 fully saturated rings. The van der Waals surface area contributed by atoms with E-state index in [9.17, 15) is 8.42 Å². The second kappa shape index (κ2) is 6.34. The summed E-state index contributed by atoms with van der Waals surface area (Å²) in [6, 6.07) is 13.3. The molecule has 0 radical (unpaired) electrons. The molecule has 4 nitrogen and oxygen atoms in total. The number of sulfonamides is 1. The summed E-state index contributed by atoms with van der Waals surface area (Å²) in [4.78, 5) is 0.347. The first kappa shape index (κ1) is 16.0. The van der Waals surface area contributed by atoms with Gasteiger partial charge >= 0.3 is 0 Å². The molecule has 1 aliphatic heterocycles. The van der Waals surface area contributed by atoms with Crippen LogP contribution in [0.2, 0.25) is 0 Å². The highest BCUT2D eigenvalue weighted by Crippen LogP contribution is 2.26. The molecular weight excluding hydrogens is 310 g/mol. The zero-order chi connectivity index (χ0) is 16.4. The van der Waals surface area contributed by atoms with Crippen LogP contribution in [0.25, 0.3) is 0 Å². The van der Waals surface area contributed by atoms with Crippen LogP contribution in [0.1, 0.15) is 16.7 Å². The van der Waals surface area contributed by atoms with Crippen molar-refractivity contribution in [2.24, 2.45) is 5.92 Å². The maximum atomic E-state index is 12.5. The van der Waals surface area contributed by atoms with E-state index in [1.54, 1.807) is 6.07 Å². The molecule has 0 aromatic heterocycles. The first-order valence-electron chi connectivity index (χ1n) is 7.73. The van der Waals surface area contributed by atoms with E-state index in [-0.39, 0.29) is 5.92 Å². The van der Waals surface area contributed by atoms with Gasteiger partial charge in [-0.1, -0.05) is 35.9 Å². The molecule has 2 aromatic rings. The normalized spacial score (nSPS) is 17.4. The molecule has 1 aliphatic rings. The van der Waals surface area contributed by atoms with Crippen molar-refractivity contribution in [1.29, 1.82) is 0 Å². The number of hydrogen-bond donors (Lipinski definition) is 1. The number of benzene rings is 2. The highest BCUT2D eigenvalue weighted by Gasteiger charge is 2.23. The van der Waals surface area contributed by atoms with Crippen LogP contribution >= 0.6 is 0 Å². The van der Waals surface area contributed by atoms with E-state index in [0.29, 0.717) is 18.0 Å². The van der Waals surface area contributed by atoms with Crippen LogP contribution in [0.5, 0.6) is 5.75 Å². The molecule has 0 saturated heterocycles. The molecule has 1 heterocycles. The fraction of sp³-hybridized carbons (Fsp3) is 0.333. The van der Waals surface area contributed by atoms with Gasteiger partial charge in [-0.05, 0) is 43.5 Å². The summed E-state index contributed by atoms with van der Waals surface area (Å²) in [7, 11) is -3.49. The molecule has 0 aliphatic carbocycles. The van der Waals surface area contributed by atoms with E-state index in [4.69, 9.17) is 4.74 Å². The van der Waals surface area contributed by atoms with E-state index in [1.807, 2.05) is 50.2 Å². The van der Waals surface area contributed by atoms with Crippen LogP contribution in [-0.4, -0.2) is 21.6 Å². The minimum absolute atomic E-state index is 0.144. The van der Waals surface area contributed by atoms with Gasteiger partial charge in [0.25, 0.3) is 0 Å². The lowest BCUT2D eigenvalue weighted by molar-refractivity contribution is 0.223. The second-order valence-electron chi connectivity index (χ2n) is 6.11. The third-order valence-corrected chi connectivity index (χ3v) is 5.72. The average molecular weight is 331 g/mol. The number of aryl methyl sites for hydroxylation is 2. The van der Waals surface area contributed by atoms with Gasteiger partial charge in [-0.25, -0.2) is 13.1 Å². The van der Waals surface area contributed by atoms with Crippen LogP contribution < -0.4 is 9.46 Å². The zero-order valence-electron chi connectivity index (χ0n) is 13.4. The largest absolute Gasteiger partial charge is 0.493 e. The first-order chi connectivity index (χ1) is 11.0. The summed E-state index contributed by atoms with van der Waals surface area (Å²) in [5, 5.41) is 0. The summed E-state index contributed by atoms with van der Waals surface area (Å²) in [6.45, 7) is 4.69. The Morgan fingerprint density at radius 1 is 1.17 bits per heavy atom. The van der Waals surface area contributed by atoms with Crippen LogP contribution in [0.15, 0.2) is 47.4 Å². The van der Waals surface area contributed by atoms with Crippen LogP contribution in [0.4, 0.5) is 0 Å². The van der Waals surface area contributed by atoms with Crippen molar-refractivity contribution in [2.45, 2.75) is 25.2 Å². The van der Waals surface area contributed by atoms with Gasteiger partial charge < -0.3 is 4.74 Å². The van der Waals surface area contributed by atoms with E-state index in [2.05, 4.69) is 4.72 Å². The van der Waals surface area contributed by atoms with E-state index in [1.165, 1.54) is 0 Å². The molecule has 5 heteroatoms. The molecule has 0 saturated carbocycles. The zero-order valence-corrected chi connectivity index (χ0v) is 14.2. The Bertz CT molecular complexity index is 815. The number of fused-ring (bicyclic) bond motifs is 1. The van der Waals surface area contributed by atoms with Crippen LogP contribution in [0.3, 0.4) is 0 Å². The summed E-state index contributed by atoms with van der Waals surface area (Å²) >= 11 is 0. The van der Waals surface area contributed by atoms with Crippen molar-refractivity contribution >= 4 is 10.0 Å². The van der Waals surface area contributed by atoms with Crippen molar-refractivity contribution in [3.8, 4) is 5.75 Å². The SMILES string of the molecule is Cc1ccc(S(=O)(=O)NCC2COc3ccccc3C2)c(C)c1. The molecule has 2 aromatic carbocycles. The van der Waals surface area contributed by atoms with Gasteiger partial charge in [0.15, 0.2) is 0 Å². The quantitative estimate of drug-likeness (QED) is 0.937. The third kappa shape index (κ3) is 3.57. The van der Waals surface area contributed by atoms with Crippen LogP contribution in [-0.2, 0) is 16.4 Å². The molecule has 1 atom stereocenters. The van der Waals surface area contributed by atoms with Crippen molar-refractivity contribution in [3.05, 3.63) is 59.2 Å². The monoisotopic (exact) mass is 331 g/mol. The molecule has 0 spiro atoms. The van der Waals surface area contributed by atoms with Crippen molar-refractivity contribution in [3.63, 3.8) is 0 Å². The van der Waals surface area contributed by atoms with Gasteiger partial charge in [0, 0.05) is 12.5 Å². The Morgan fingerprint density at radius 3 is 2.74 bits per heavy atom. The Morgan fingerprint density at radius 2 is 1.96 bits per heavy atom. The number of rotatable bonds is 4. The Balaban J connectivity index is 1.68. The summed E-state index contributed by atoms with van der Waals surface area (Å²) in [5.74, 6) is 1.05. The second-order valence-corrected chi connectivity index (χ2v) is 7.85. The van der Waals surface area contributed by atoms with Gasteiger partial charge in [0.1, 0.15) is 5.75 Å². The van der Waals surface area contributed by atoms with Gasteiger partial charge in [0.05, 0.1) is 11.5 Å². The highest BCUT2D eigenvalue weighted by atomic mass is 32.2. The summed E-state index contributed by atoms with van der Waals surface area (Å²) < 4.78 is 33.4. The molecule has 1 N–H and O–H groups in total. The van der Waals surface area contributed by atoms with Crippen molar-refractivity contribution in [1.82, 2.24) is 4.72 Å². The first-order valence-corrected chi connectivity index (χ1v) is 9.21. The Labute approximate surface area is 137 Å². The lowest BCUT2D eigenvalue weighted by Crippen LogP contribution is -2.35. The minimum Gasteiger partial charge on any atom is -0.493 e. The van der Waals surface area contributed by atoms with Crippen molar-refractivity contribution in [2.75, 3.05) is 13.2 Å². The average Bonchev–Trinajstić information content (AvgIpc) is 2.52. The molecule has 23 heavy (non-hydrogen) atoms. The number of hydrogen-bond acceptors (Lipinski definition) is 3. The fourth-order valence-electron chi connectivity index (χ4n) is 2.93.